The molecule has 1 atom stereocenters. The zero-order valence-electron chi connectivity index (χ0n) is 19.8. The number of amides is 1. The molecule has 0 radical (unpaired) electrons. The molecule has 0 spiro atoms. The molecule has 8 nitrogen and oxygen atoms in total. The number of carbonyl (C=O) groups is 1. The Morgan fingerprint density at radius 3 is 2.61 bits per heavy atom. The predicted molar refractivity (Wildman–Crippen MR) is 138 cm³/mol. The van der Waals surface area contributed by atoms with Crippen LogP contribution in [0.1, 0.15) is 44.3 Å². The summed E-state index contributed by atoms with van der Waals surface area (Å²) in [5, 5.41) is 20.0. The molecule has 0 saturated carbocycles. The second-order valence-corrected chi connectivity index (χ2v) is 8.80. The minimum Gasteiger partial charge on any atom is -0.384 e. The molecule has 8 heteroatoms. The number of nitrogens with one attached hydrogen (secondary N) is 1. The minimum absolute atomic E-state index is 0.268. The summed E-state index contributed by atoms with van der Waals surface area (Å²) in [5.74, 6) is 0.211. The lowest BCUT2D eigenvalue weighted by molar-refractivity contribution is 0.0950. The first-order chi connectivity index (χ1) is 17.5. The lowest BCUT2D eigenvalue weighted by Crippen LogP contribution is -2.23. The van der Waals surface area contributed by atoms with Crippen molar-refractivity contribution in [1.29, 1.82) is 0 Å². The van der Waals surface area contributed by atoms with Gasteiger partial charge in [-0.15, -0.1) is 0 Å². The van der Waals surface area contributed by atoms with Crippen molar-refractivity contribution in [1.82, 2.24) is 25.1 Å². The molecule has 5 rings (SSSR count). The molecule has 0 aliphatic heterocycles. The summed E-state index contributed by atoms with van der Waals surface area (Å²) in [4.78, 5) is 21.1. The van der Waals surface area contributed by atoms with Crippen molar-refractivity contribution >= 4 is 22.5 Å². The van der Waals surface area contributed by atoms with Gasteiger partial charge in [0.15, 0.2) is 0 Å². The maximum Gasteiger partial charge on any atom is 0.253 e. The third kappa shape index (κ3) is 5.08. The van der Waals surface area contributed by atoms with Crippen LogP contribution in [0.15, 0.2) is 85.6 Å². The number of carbonyl (C=O) groups excluding carboxylic acids is 1. The first-order valence-electron chi connectivity index (χ1n) is 11.6. The molecule has 5 aromatic rings. The van der Waals surface area contributed by atoms with E-state index in [0.29, 0.717) is 30.0 Å². The standard InChI is InChI=1S/C28H26N6O2/c1-18-12-33-34(16-18)17-19-2-5-21(6-3-19)26(35)23-11-24(15-30-14-23)28(36)32-13-20-4-7-25-22(10-20)8-9-31-27(25)29/h2-12,14-16,26,35H,13,17H2,1H3,(H2,29,31)(H,32,36). The molecule has 0 bridgehead atoms. The van der Waals surface area contributed by atoms with Gasteiger partial charge in [-0.1, -0.05) is 36.4 Å². The average Bonchev–Trinajstić information content (AvgIpc) is 3.31. The molecule has 3 heterocycles. The Balaban J connectivity index is 1.24. The van der Waals surface area contributed by atoms with E-state index in [1.165, 1.54) is 6.20 Å². The van der Waals surface area contributed by atoms with E-state index in [0.717, 1.165) is 33.0 Å². The lowest BCUT2D eigenvalue weighted by Gasteiger charge is -2.13. The molecule has 0 fully saturated rings. The van der Waals surface area contributed by atoms with Gasteiger partial charge in [-0.25, -0.2) is 4.98 Å². The maximum atomic E-state index is 12.8. The quantitative estimate of drug-likeness (QED) is 0.328. The predicted octanol–water partition coefficient (Wildman–Crippen LogP) is 3.78. The highest BCUT2D eigenvalue weighted by Gasteiger charge is 2.14. The number of hydrogen-bond acceptors (Lipinski definition) is 6. The van der Waals surface area contributed by atoms with E-state index < -0.39 is 6.10 Å². The molecule has 2 aromatic carbocycles. The zero-order valence-corrected chi connectivity index (χ0v) is 19.8. The number of nitrogens with zero attached hydrogens (tertiary/aromatic N) is 4. The van der Waals surface area contributed by atoms with Gasteiger partial charge in [-0.3, -0.25) is 14.5 Å². The van der Waals surface area contributed by atoms with Gasteiger partial charge in [0, 0.05) is 42.3 Å². The molecule has 0 saturated heterocycles. The van der Waals surface area contributed by atoms with Crippen LogP contribution in [0.4, 0.5) is 5.82 Å². The first kappa shape index (κ1) is 23.2. The van der Waals surface area contributed by atoms with Gasteiger partial charge >= 0.3 is 0 Å². The van der Waals surface area contributed by atoms with Crippen molar-refractivity contribution in [2.24, 2.45) is 0 Å². The topological polar surface area (TPSA) is 119 Å². The molecule has 1 unspecified atom stereocenters. The van der Waals surface area contributed by atoms with E-state index in [2.05, 4.69) is 20.4 Å². The first-order valence-corrected chi connectivity index (χ1v) is 11.6. The number of nitrogens with two attached hydrogens (primary N) is 1. The summed E-state index contributed by atoms with van der Waals surface area (Å²) in [7, 11) is 0. The van der Waals surface area contributed by atoms with Gasteiger partial charge in [0.1, 0.15) is 11.9 Å². The number of rotatable bonds is 7. The Bertz CT molecular complexity index is 1530. The summed E-state index contributed by atoms with van der Waals surface area (Å²) in [5.41, 5.74) is 10.7. The number of aliphatic hydroxyl groups excluding tert-OH is 1. The van der Waals surface area contributed by atoms with Crippen LogP contribution in [0.3, 0.4) is 0 Å². The van der Waals surface area contributed by atoms with Gasteiger partial charge in [0.2, 0.25) is 0 Å². The Morgan fingerprint density at radius 2 is 1.83 bits per heavy atom. The van der Waals surface area contributed by atoms with Crippen LogP contribution in [0, 0.1) is 6.92 Å². The lowest BCUT2D eigenvalue weighted by atomic mass is 10.0. The molecular weight excluding hydrogens is 452 g/mol. The van der Waals surface area contributed by atoms with Crippen molar-refractivity contribution in [3.63, 3.8) is 0 Å². The second-order valence-electron chi connectivity index (χ2n) is 8.80. The molecule has 4 N–H and O–H groups in total. The highest BCUT2D eigenvalue weighted by molar-refractivity contribution is 5.94. The number of aliphatic hydroxyl groups is 1. The van der Waals surface area contributed by atoms with E-state index in [4.69, 9.17) is 5.73 Å². The van der Waals surface area contributed by atoms with Crippen molar-refractivity contribution in [2.75, 3.05) is 5.73 Å². The summed E-state index contributed by atoms with van der Waals surface area (Å²) in [6, 6.07) is 17.0. The average molecular weight is 479 g/mol. The van der Waals surface area contributed by atoms with Crippen molar-refractivity contribution in [3.05, 3.63) is 119 Å². The molecule has 180 valence electrons. The Morgan fingerprint density at radius 1 is 1.03 bits per heavy atom. The minimum atomic E-state index is -0.897. The summed E-state index contributed by atoms with van der Waals surface area (Å²) < 4.78 is 1.87. The third-order valence-electron chi connectivity index (χ3n) is 6.05. The van der Waals surface area contributed by atoms with Crippen LogP contribution in [-0.2, 0) is 13.1 Å². The number of aryl methyl sites for hydroxylation is 1. The number of pyridine rings is 2. The Kier molecular flexibility index (Phi) is 6.42. The van der Waals surface area contributed by atoms with Gasteiger partial charge in [0.25, 0.3) is 5.91 Å². The van der Waals surface area contributed by atoms with Gasteiger partial charge in [0.05, 0.1) is 18.3 Å². The normalized spacial score (nSPS) is 11.9. The van der Waals surface area contributed by atoms with Crippen LogP contribution >= 0.6 is 0 Å². The Hall–Kier alpha value is -4.56. The fraction of sp³-hybridized carbons (Fsp3) is 0.143. The van der Waals surface area contributed by atoms with Crippen LogP contribution in [0.5, 0.6) is 0 Å². The highest BCUT2D eigenvalue weighted by atomic mass is 16.3. The summed E-state index contributed by atoms with van der Waals surface area (Å²) in [6.07, 6.45) is 7.64. The van der Waals surface area contributed by atoms with Gasteiger partial charge < -0.3 is 16.2 Å². The number of fused-ring (bicyclic) bond motifs is 1. The Labute approximate surface area is 208 Å². The van der Waals surface area contributed by atoms with E-state index in [1.807, 2.05) is 72.5 Å². The monoisotopic (exact) mass is 478 g/mol. The van der Waals surface area contributed by atoms with E-state index in [9.17, 15) is 9.90 Å². The second kappa shape index (κ2) is 9.97. The van der Waals surface area contributed by atoms with Crippen LogP contribution in [0.25, 0.3) is 10.8 Å². The molecule has 36 heavy (non-hydrogen) atoms. The van der Waals surface area contributed by atoms with Crippen LogP contribution in [-0.4, -0.2) is 30.8 Å². The summed E-state index contributed by atoms with van der Waals surface area (Å²) >= 11 is 0. The SMILES string of the molecule is Cc1cnn(Cc2ccc(C(O)c3cncc(C(=O)NCc4ccc5c(N)nccc5c4)c3)cc2)c1. The zero-order chi connectivity index (χ0) is 25.1. The molecular formula is C28H26N6O2. The smallest absolute Gasteiger partial charge is 0.253 e. The van der Waals surface area contributed by atoms with E-state index in [1.54, 1.807) is 18.5 Å². The molecule has 3 aromatic heterocycles. The maximum absolute atomic E-state index is 12.8. The van der Waals surface area contributed by atoms with Crippen LogP contribution < -0.4 is 11.1 Å². The van der Waals surface area contributed by atoms with Gasteiger partial charge in [-0.05, 0) is 52.8 Å². The van der Waals surface area contributed by atoms with Crippen molar-refractivity contribution in [2.45, 2.75) is 26.1 Å². The molecule has 1 amide bonds. The summed E-state index contributed by atoms with van der Waals surface area (Å²) in [6.45, 7) is 3.01. The van der Waals surface area contributed by atoms with Crippen LogP contribution in [0.2, 0.25) is 0 Å². The largest absolute Gasteiger partial charge is 0.384 e. The van der Waals surface area contributed by atoms with E-state index in [-0.39, 0.29) is 5.91 Å². The van der Waals surface area contributed by atoms with Gasteiger partial charge in [-0.2, -0.15) is 5.10 Å². The van der Waals surface area contributed by atoms with Crippen molar-refractivity contribution < 1.29 is 9.90 Å². The molecule has 0 aliphatic carbocycles. The fourth-order valence-electron chi connectivity index (χ4n) is 4.11. The molecule has 0 aliphatic rings. The number of aromatic nitrogens is 4. The highest BCUT2D eigenvalue weighted by Crippen LogP contribution is 2.23. The number of benzene rings is 2. The number of anilines is 1. The third-order valence-corrected chi connectivity index (χ3v) is 6.05. The number of hydrogen-bond donors (Lipinski definition) is 3. The van der Waals surface area contributed by atoms with E-state index >= 15 is 0 Å². The number of nitrogen functional groups attached to an aromatic ring is 1. The van der Waals surface area contributed by atoms with Crippen molar-refractivity contribution in [3.8, 4) is 0 Å². The fourth-order valence-corrected chi connectivity index (χ4v) is 4.11.